The van der Waals surface area contributed by atoms with Gasteiger partial charge in [0.15, 0.2) is 5.75 Å². The highest BCUT2D eigenvalue weighted by molar-refractivity contribution is 7.88. The molecule has 0 bridgehead atoms. The van der Waals surface area contributed by atoms with E-state index < -0.39 is 69.2 Å². The lowest BCUT2D eigenvalue weighted by Gasteiger charge is -2.32. The normalized spacial score (nSPS) is 14.9. The molecule has 1 aliphatic rings. The molecule has 10 nitrogen and oxygen atoms in total. The van der Waals surface area contributed by atoms with Crippen molar-refractivity contribution in [3.05, 3.63) is 70.8 Å². The Bertz CT molecular complexity index is 1710. The topological polar surface area (TPSA) is 115 Å². The SMILES string of the molecule is CCOC(=O)C1CCN(c2cnc(N(Cc3cc(C(F)(F)F)cc(C(F)(F)F)c3)Cc3nc(C)ccc3OS(=O)(=O)C(F)(F)F)nc2)CC1. The molecule has 1 fully saturated rings. The van der Waals surface area contributed by atoms with Crippen molar-refractivity contribution in [2.24, 2.45) is 5.92 Å². The Morgan fingerprint density at radius 2 is 1.49 bits per heavy atom. The molecule has 0 saturated carbocycles. The van der Waals surface area contributed by atoms with Crippen molar-refractivity contribution in [3.8, 4) is 5.75 Å². The standard InChI is InChI=1S/C29H28F9N5O5S/c1-3-47-25(44)19-6-8-42(9-7-19)22-13-39-26(40-14-22)43(15-18-10-20(27(30,31)32)12-21(11-18)28(33,34)35)16-23-24(5-4-17(2)41-23)48-49(45,46)29(36,37)38/h4-5,10-14,19H,3,6-9,15-16H2,1-2H3. The quantitative estimate of drug-likeness (QED) is 0.100. The van der Waals surface area contributed by atoms with Crippen LogP contribution >= 0.6 is 0 Å². The van der Waals surface area contributed by atoms with Crippen LogP contribution in [0.5, 0.6) is 5.75 Å². The van der Waals surface area contributed by atoms with Gasteiger partial charge in [-0.1, -0.05) is 0 Å². The number of pyridine rings is 1. The highest BCUT2D eigenvalue weighted by Crippen LogP contribution is 2.37. The lowest BCUT2D eigenvalue weighted by molar-refractivity contribution is -0.148. The lowest BCUT2D eigenvalue weighted by Crippen LogP contribution is -2.37. The fourth-order valence-corrected chi connectivity index (χ4v) is 5.42. The highest BCUT2D eigenvalue weighted by Gasteiger charge is 2.49. The van der Waals surface area contributed by atoms with Gasteiger partial charge in [-0.25, -0.2) is 9.97 Å². The number of rotatable bonds is 10. The first-order valence-electron chi connectivity index (χ1n) is 14.4. The Morgan fingerprint density at radius 1 is 0.918 bits per heavy atom. The summed E-state index contributed by atoms with van der Waals surface area (Å²) in [6.07, 6.45) is -6.83. The third-order valence-corrected chi connectivity index (χ3v) is 8.27. The van der Waals surface area contributed by atoms with Crippen molar-refractivity contribution in [1.82, 2.24) is 15.0 Å². The number of nitrogens with zero attached hydrogens (tertiary/aromatic N) is 5. The lowest BCUT2D eigenvalue weighted by atomic mass is 9.97. The summed E-state index contributed by atoms with van der Waals surface area (Å²) in [5, 5.41) is 0. The van der Waals surface area contributed by atoms with E-state index in [2.05, 4.69) is 19.1 Å². The molecule has 0 spiro atoms. The van der Waals surface area contributed by atoms with Gasteiger partial charge in [0.05, 0.1) is 48.3 Å². The van der Waals surface area contributed by atoms with E-state index in [1.54, 1.807) is 6.92 Å². The van der Waals surface area contributed by atoms with E-state index in [1.807, 2.05) is 4.90 Å². The summed E-state index contributed by atoms with van der Waals surface area (Å²) >= 11 is 0. The molecule has 3 aromatic rings. The molecule has 0 radical (unpaired) electrons. The summed E-state index contributed by atoms with van der Waals surface area (Å²) in [5.74, 6) is -1.85. The Labute approximate surface area is 274 Å². The Balaban J connectivity index is 1.72. The molecule has 0 aliphatic carbocycles. The van der Waals surface area contributed by atoms with Crippen molar-refractivity contribution in [3.63, 3.8) is 0 Å². The minimum Gasteiger partial charge on any atom is -0.466 e. The molecule has 0 unspecified atom stereocenters. The van der Waals surface area contributed by atoms with Crippen LogP contribution in [0.3, 0.4) is 0 Å². The van der Waals surface area contributed by atoms with Crippen LogP contribution in [-0.4, -0.2) is 54.5 Å². The van der Waals surface area contributed by atoms with E-state index in [9.17, 15) is 52.7 Å². The largest absolute Gasteiger partial charge is 0.534 e. The van der Waals surface area contributed by atoms with Gasteiger partial charge in [-0.2, -0.15) is 47.9 Å². The summed E-state index contributed by atoms with van der Waals surface area (Å²) in [6.45, 7) is 2.64. The average Bonchev–Trinajstić information content (AvgIpc) is 3.01. The van der Waals surface area contributed by atoms with Gasteiger partial charge in [-0.3, -0.25) is 9.78 Å². The first-order valence-corrected chi connectivity index (χ1v) is 15.8. The molecule has 0 atom stereocenters. The number of hydrogen-bond acceptors (Lipinski definition) is 10. The number of esters is 1. The number of ether oxygens (including phenoxy) is 1. The zero-order valence-corrected chi connectivity index (χ0v) is 26.5. The molecule has 4 rings (SSSR count). The first kappa shape index (κ1) is 37.5. The second-order valence-electron chi connectivity index (χ2n) is 10.9. The number of piperidine rings is 1. The van der Waals surface area contributed by atoms with Crippen LogP contribution < -0.4 is 14.0 Å². The molecule has 0 N–H and O–H groups in total. The predicted octanol–water partition coefficient (Wildman–Crippen LogP) is 6.43. The van der Waals surface area contributed by atoms with Gasteiger partial charge in [-0.05, 0) is 62.6 Å². The number of halogens is 9. The zero-order chi connectivity index (χ0) is 36.4. The summed E-state index contributed by atoms with van der Waals surface area (Å²) in [6, 6.07) is 2.85. The molecule has 1 aliphatic heterocycles. The van der Waals surface area contributed by atoms with Crippen LogP contribution in [0.2, 0.25) is 0 Å². The first-order chi connectivity index (χ1) is 22.7. The molecule has 1 saturated heterocycles. The van der Waals surface area contributed by atoms with E-state index in [4.69, 9.17) is 4.74 Å². The van der Waals surface area contributed by atoms with Gasteiger partial charge in [0, 0.05) is 25.3 Å². The van der Waals surface area contributed by atoms with Gasteiger partial charge in [0.2, 0.25) is 5.95 Å². The molecular formula is C29H28F9N5O5S. The number of hydrogen-bond donors (Lipinski definition) is 0. The van der Waals surface area contributed by atoms with Gasteiger partial charge < -0.3 is 18.7 Å². The van der Waals surface area contributed by atoms with Crippen LogP contribution in [-0.2, 0) is 45.1 Å². The van der Waals surface area contributed by atoms with Crippen molar-refractivity contribution < 1.29 is 61.6 Å². The van der Waals surface area contributed by atoms with Crippen molar-refractivity contribution in [2.75, 3.05) is 29.5 Å². The van der Waals surface area contributed by atoms with E-state index in [1.165, 1.54) is 19.3 Å². The second-order valence-corrected chi connectivity index (χ2v) is 12.4. The van der Waals surface area contributed by atoms with Crippen LogP contribution in [0.15, 0.2) is 42.7 Å². The molecule has 0 amide bonds. The summed E-state index contributed by atoms with van der Waals surface area (Å²) in [4.78, 5) is 27.4. The molecule has 20 heteroatoms. The van der Waals surface area contributed by atoms with Crippen molar-refractivity contribution >= 4 is 27.7 Å². The van der Waals surface area contributed by atoms with Crippen molar-refractivity contribution in [1.29, 1.82) is 0 Å². The summed E-state index contributed by atoms with van der Waals surface area (Å²) < 4.78 is 154. The molecule has 2 aromatic heterocycles. The summed E-state index contributed by atoms with van der Waals surface area (Å²) in [5.41, 5.74) is -9.45. The maximum absolute atomic E-state index is 13.6. The average molecular weight is 730 g/mol. The molecule has 1 aromatic carbocycles. The fourth-order valence-electron chi connectivity index (χ4n) is 4.94. The number of alkyl halides is 9. The zero-order valence-electron chi connectivity index (χ0n) is 25.7. The van der Waals surface area contributed by atoms with E-state index >= 15 is 0 Å². The number of benzene rings is 1. The minimum absolute atomic E-state index is 0.0691. The van der Waals surface area contributed by atoms with Gasteiger partial charge in [-0.15, -0.1) is 0 Å². The van der Waals surface area contributed by atoms with Crippen LogP contribution in [0, 0.1) is 12.8 Å². The molecule has 3 heterocycles. The van der Waals surface area contributed by atoms with Gasteiger partial charge in [0.1, 0.15) is 5.69 Å². The smallest absolute Gasteiger partial charge is 0.466 e. The third kappa shape index (κ3) is 9.42. The van der Waals surface area contributed by atoms with Crippen LogP contribution in [0.4, 0.5) is 51.1 Å². The Hall–Kier alpha value is -4.36. The molecular weight excluding hydrogens is 701 g/mol. The van der Waals surface area contributed by atoms with E-state index in [-0.39, 0.29) is 36.2 Å². The summed E-state index contributed by atoms with van der Waals surface area (Å²) in [7, 11) is -6.19. The highest BCUT2D eigenvalue weighted by atomic mass is 32.2. The van der Waals surface area contributed by atoms with Gasteiger partial charge >= 0.3 is 33.9 Å². The maximum atomic E-state index is 13.6. The maximum Gasteiger partial charge on any atom is 0.534 e. The van der Waals surface area contributed by atoms with Crippen LogP contribution in [0.25, 0.3) is 0 Å². The monoisotopic (exact) mass is 729 g/mol. The van der Waals surface area contributed by atoms with E-state index in [0.717, 1.165) is 17.0 Å². The number of aryl methyl sites for hydroxylation is 1. The number of aromatic nitrogens is 3. The fraction of sp³-hybridized carbons (Fsp3) is 0.448. The third-order valence-electron chi connectivity index (χ3n) is 7.30. The van der Waals surface area contributed by atoms with Gasteiger partial charge in [0.25, 0.3) is 0 Å². The second kappa shape index (κ2) is 14.2. The van der Waals surface area contributed by atoms with Crippen LogP contribution in [0.1, 0.15) is 47.8 Å². The Morgan fingerprint density at radius 3 is 2.00 bits per heavy atom. The number of carbonyl (C=O) groups excluding carboxylic acids is 1. The van der Waals surface area contributed by atoms with Crippen molar-refractivity contribution in [2.45, 2.75) is 57.6 Å². The molecule has 49 heavy (non-hydrogen) atoms. The number of carbonyl (C=O) groups is 1. The predicted molar refractivity (Wildman–Crippen MR) is 155 cm³/mol. The number of anilines is 2. The Kier molecular flexibility index (Phi) is 10.9. The minimum atomic E-state index is -6.19. The van der Waals surface area contributed by atoms with E-state index in [0.29, 0.717) is 43.8 Å². The molecule has 268 valence electrons.